The molecular formula is C26H22N4O4. The molecule has 8 nitrogen and oxygen atoms in total. The molecule has 0 saturated heterocycles. The molecule has 2 aliphatic carbocycles. The quantitative estimate of drug-likeness (QED) is 0.690. The summed E-state index contributed by atoms with van der Waals surface area (Å²) in [7, 11) is 0. The van der Waals surface area contributed by atoms with Crippen LogP contribution in [0.4, 0.5) is 0 Å². The predicted molar refractivity (Wildman–Crippen MR) is 120 cm³/mol. The molecule has 5 rings (SSSR count). The van der Waals surface area contributed by atoms with Crippen LogP contribution in [0.2, 0.25) is 0 Å². The van der Waals surface area contributed by atoms with E-state index < -0.39 is 11.8 Å². The minimum absolute atomic E-state index is 0.0135. The van der Waals surface area contributed by atoms with Crippen LogP contribution in [0.1, 0.15) is 61.5 Å². The number of hydrogen-bond donors (Lipinski definition) is 2. The van der Waals surface area contributed by atoms with Crippen LogP contribution < -0.4 is 11.5 Å². The summed E-state index contributed by atoms with van der Waals surface area (Å²) >= 11 is 0. The van der Waals surface area contributed by atoms with E-state index in [1.54, 1.807) is 24.3 Å². The molecule has 4 N–H and O–H groups in total. The average molecular weight is 454 g/mol. The fraction of sp³-hybridized carbons (Fsp3) is 0.308. The van der Waals surface area contributed by atoms with Crippen molar-refractivity contribution in [1.29, 1.82) is 10.5 Å². The van der Waals surface area contributed by atoms with Gasteiger partial charge in [0.25, 0.3) is 0 Å². The molecule has 2 atom stereocenters. The van der Waals surface area contributed by atoms with Gasteiger partial charge in [-0.25, -0.2) is 0 Å². The highest BCUT2D eigenvalue weighted by molar-refractivity contribution is 6.00. The van der Waals surface area contributed by atoms with Crippen molar-refractivity contribution in [2.45, 2.75) is 50.4 Å². The summed E-state index contributed by atoms with van der Waals surface area (Å²) in [6, 6.07) is 11.4. The van der Waals surface area contributed by atoms with E-state index in [9.17, 15) is 20.1 Å². The Kier molecular flexibility index (Phi) is 5.22. The highest BCUT2D eigenvalue weighted by atomic mass is 16.5. The van der Waals surface area contributed by atoms with E-state index in [0.29, 0.717) is 72.3 Å². The van der Waals surface area contributed by atoms with E-state index in [1.807, 2.05) is 0 Å². The predicted octanol–water partition coefficient (Wildman–Crippen LogP) is 3.32. The van der Waals surface area contributed by atoms with Crippen LogP contribution in [0.25, 0.3) is 0 Å². The summed E-state index contributed by atoms with van der Waals surface area (Å²) < 4.78 is 11.3. The van der Waals surface area contributed by atoms with Gasteiger partial charge >= 0.3 is 0 Å². The van der Waals surface area contributed by atoms with Gasteiger partial charge in [0, 0.05) is 36.8 Å². The van der Waals surface area contributed by atoms with Crippen LogP contribution in [0.15, 0.2) is 69.8 Å². The van der Waals surface area contributed by atoms with Crippen LogP contribution in [-0.4, -0.2) is 11.6 Å². The van der Waals surface area contributed by atoms with Gasteiger partial charge in [-0.15, -0.1) is 0 Å². The van der Waals surface area contributed by atoms with Gasteiger partial charge in [-0.3, -0.25) is 9.59 Å². The Balaban J connectivity index is 1.59. The van der Waals surface area contributed by atoms with Crippen molar-refractivity contribution < 1.29 is 19.1 Å². The van der Waals surface area contributed by atoms with E-state index >= 15 is 0 Å². The van der Waals surface area contributed by atoms with Crippen LogP contribution in [0.5, 0.6) is 0 Å². The Hall–Kier alpha value is -4.30. The van der Waals surface area contributed by atoms with Crippen molar-refractivity contribution in [2.24, 2.45) is 11.5 Å². The minimum atomic E-state index is -0.618. The number of nitriles is 2. The maximum absolute atomic E-state index is 12.8. The molecule has 0 bridgehead atoms. The molecule has 1 aromatic carbocycles. The molecule has 8 heteroatoms. The Morgan fingerprint density at radius 3 is 1.44 bits per heavy atom. The lowest BCUT2D eigenvalue weighted by atomic mass is 9.75. The number of hydrogen-bond acceptors (Lipinski definition) is 8. The zero-order valence-electron chi connectivity index (χ0n) is 18.4. The van der Waals surface area contributed by atoms with Crippen molar-refractivity contribution in [3.05, 3.63) is 81.0 Å². The van der Waals surface area contributed by atoms with Crippen molar-refractivity contribution >= 4 is 11.6 Å². The number of carbonyl (C=O) groups excluding carboxylic acids is 2. The molecule has 0 saturated carbocycles. The van der Waals surface area contributed by atoms with E-state index in [0.717, 1.165) is 0 Å². The second kappa shape index (κ2) is 8.24. The number of rotatable bonds is 2. The van der Waals surface area contributed by atoms with Crippen LogP contribution in [0, 0.1) is 22.7 Å². The molecule has 0 aromatic heterocycles. The standard InChI is InChI=1S/C26H22N4O4/c27-11-15-21(23-17(31)3-1-5-19(23)33-25(15)29)13-7-9-14(10-8-13)22-16(12-28)26(30)34-20-6-2-4-18(32)24(20)22/h7-10,21-22H,1-6,29-30H2/t21-,22-/m0/s1. The summed E-state index contributed by atoms with van der Waals surface area (Å²) in [5.74, 6) is -0.262. The molecule has 0 spiro atoms. The number of benzene rings is 1. The second-order valence-electron chi connectivity index (χ2n) is 8.74. The van der Waals surface area contributed by atoms with Crippen molar-refractivity contribution in [2.75, 3.05) is 0 Å². The molecule has 0 fully saturated rings. The molecular weight excluding hydrogens is 432 g/mol. The minimum Gasteiger partial charge on any atom is -0.444 e. The van der Waals surface area contributed by atoms with E-state index in [1.165, 1.54) is 0 Å². The van der Waals surface area contributed by atoms with Crippen LogP contribution >= 0.6 is 0 Å². The van der Waals surface area contributed by atoms with Crippen molar-refractivity contribution in [3.63, 3.8) is 0 Å². The van der Waals surface area contributed by atoms with Gasteiger partial charge in [0.1, 0.15) is 34.8 Å². The lowest BCUT2D eigenvalue weighted by Gasteiger charge is -2.32. The topological polar surface area (TPSA) is 152 Å². The third-order valence-corrected chi connectivity index (χ3v) is 6.81. The summed E-state index contributed by atoms with van der Waals surface area (Å²) in [6.07, 6.45) is 3.33. The number of allylic oxidation sites excluding steroid dienone is 6. The van der Waals surface area contributed by atoms with Crippen molar-refractivity contribution in [3.8, 4) is 12.1 Å². The van der Waals surface area contributed by atoms with Gasteiger partial charge in [-0.05, 0) is 24.0 Å². The molecule has 0 radical (unpaired) electrons. The van der Waals surface area contributed by atoms with Gasteiger partial charge in [-0.2, -0.15) is 10.5 Å². The lowest BCUT2D eigenvalue weighted by Crippen LogP contribution is -2.28. The smallest absolute Gasteiger partial charge is 0.205 e. The third-order valence-electron chi connectivity index (χ3n) is 6.81. The maximum Gasteiger partial charge on any atom is 0.205 e. The highest BCUT2D eigenvalue weighted by Gasteiger charge is 2.40. The Labute approximate surface area is 196 Å². The highest BCUT2D eigenvalue weighted by Crippen LogP contribution is 2.46. The maximum atomic E-state index is 12.8. The monoisotopic (exact) mass is 454 g/mol. The van der Waals surface area contributed by atoms with Crippen LogP contribution in [-0.2, 0) is 19.1 Å². The van der Waals surface area contributed by atoms with Gasteiger partial charge in [-0.1, -0.05) is 24.3 Å². The van der Waals surface area contributed by atoms with Crippen LogP contribution in [0.3, 0.4) is 0 Å². The van der Waals surface area contributed by atoms with Gasteiger partial charge in [0.2, 0.25) is 11.8 Å². The number of nitrogens with two attached hydrogens (primary N) is 2. The Morgan fingerprint density at radius 1 is 0.706 bits per heavy atom. The number of nitrogens with zero attached hydrogens (tertiary/aromatic N) is 2. The first-order valence-corrected chi connectivity index (χ1v) is 11.2. The molecule has 0 amide bonds. The van der Waals surface area contributed by atoms with E-state index in [2.05, 4.69) is 12.1 Å². The zero-order chi connectivity index (χ0) is 24.0. The molecule has 2 aliphatic heterocycles. The zero-order valence-corrected chi connectivity index (χ0v) is 18.4. The average Bonchev–Trinajstić information content (AvgIpc) is 2.83. The van der Waals surface area contributed by atoms with E-state index in [4.69, 9.17) is 20.9 Å². The fourth-order valence-electron chi connectivity index (χ4n) is 5.26. The summed E-state index contributed by atoms with van der Waals surface area (Å²) in [5, 5.41) is 19.5. The first kappa shape index (κ1) is 21.5. The molecule has 34 heavy (non-hydrogen) atoms. The summed E-state index contributed by atoms with van der Waals surface area (Å²) in [5.41, 5.74) is 14.8. The largest absolute Gasteiger partial charge is 0.444 e. The fourth-order valence-corrected chi connectivity index (χ4v) is 5.26. The van der Waals surface area contributed by atoms with Gasteiger partial charge < -0.3 is 20.9 Å². The number of ketones is 2. The van der Waals surface area contributed by atoms with Gasteiger partial charge in [0.15, 0.2) is 11.6 Å². The lowest BCUT2D eigenvalue weighted by molar-refractivity contribution is -0.117. The number of Topliss-reactive ketones (excluding diaryl/α,β-unsaturated/α-hetero) is 2. The molecule has 4 aliphatic rings. The van der Waals surface area contributed by atoms with Crippen molar-refractivity contribution in [1.82, 2.24) is 0 Å². The molecule has 2 heterocycles. The Morgan fingerprint density at radius 2 is 1.09 bits per heavy atom. The SMILES string of the molecule is N#CC1=C(N)OC2=C(C(=O)CCC2)[C@H]1c1ccc([C@H]2C(C#N)=C(N)OC3=C2C(=O)CCC3)cc1. The molecule has 0 unspecified atom stereocenters. The number of ether oxygens (including phenoxy) is 2. The van der Waals surface area contributed by atoms with Gasteiger partial charge in [0.05, 0.1) is 11.8 Å². The normalized spacial score (nSPS) is 24.6. The summed E-state index contributed by atoms with van der Waals surface area (Å²) in [4.78, 5) is 25.6. The molecule has 1 aromatic rings. The van der Waals surface area contributed by atoms with E-state index in [-0.39, 0.29) is 34.5 Å². The molecule has 170 valence electrons. The second-order valence-corrected chi connectivity index (χ2v) is 8.74. The summed E-state index contributed by atoms with van der Waals surface area (Å²) in [6.45, 7) is 0. The first-order chi connectivity index (χ1) is 16.4. The first-order valence-electron chi connectivity index (χ1n) is 11.2. The Bertz CT molecular complexity index is 1230. The third kappa shape index (κ3) is 3.27. The number of carbonyl (C=O) groups is 2.